The van der Waals surface area contributed by atoms with Crippen molar-refractivity contribution in [3.63, 3.8) is 0 Å². The third-order valence-electron chi connectivity index (χ3n) is 3.05. The maximum absolute atomic E-state index is 11.5. The van der Waals surface area contributed by atoms with Gasteiger partial charge in [-0.3, -0.25) is 4.68 Å². The molecule has 120 valence electrons. The summed E-state index contributed by atoms with van der Waals surface area (Å²) in [4.78, 5) is 11.5. The molecule has 1 amide bonds. The van der Waals surface area contributed by atoms with Crippen molar-refractivity contribution in [1.29, 1.82) is 0 Å². The minimum Gasteiger partial charge on any atom is -0.445 e. The Morgan fingerprint density at radius 1 is 1.35 bits per heavy atom. The summed E-state index contributed by atoms with van der Waals surface area (Å²) in [7, 11) is 0. The van der Waals surface area contributed by atoms with Gasteiger partial charge >= 0.3 is 6.09 Å². The molecule has 0 spiro atoms. The van der Waals surface area contributed by atoms with E-state index in [1.54, 1.807) is 6.20 Å². The van der Waals surface area contributed by atoms with Crippen LogP contribution in [-0.2, 0) is 17.9 Å². The van der Waals surface area contributed by atoms with Crippen molar-refractivity contribution in [2.24, 2.45) is 0 Å². The molecule has 0 unspecified atom stereocenters. The third kappa shape index (κ3) is 6.27. The summed E-state index contributed by atoms with van der Waals surface area (Å²) >= 11 is 0. The number of aryl methyl sites for hydroxylation is 1. The van der Waals surface area contributed by atoms with Gasteiger partial charge in [0, 0.05) is 25.7 Å². The second-order valence-electron chi connectivity index (χ2n) is 5.03. The predicted octanol–water partition coefficient (Wildman–Crippen LogP) is 2.96. The van der Waals surface area contributed by atoms with Crippen LogP contribution in [-0.4, -0.2) is 22.4 Å². The highest BCUT2D eigenvalue weighted by atomic mass is 16.5. The van der Waals surface area contributed by atoms with Crippen LogP contribution in [0.2, 0.25) is 0 Å². The molecule has 23 heavy (non-hydrogen) atoms. The van der Waals surface area contributed by atoms with Crippen LogP contribution in [0.1, 0.15) is 30.9 Å². The fourth-order valence-electron chi connectivity index (χ4n) is 1.95. The summed E-state index contributed by atoms with van der Waals surface area (Å²) in [5.41, 5.74) is 1.86. The lowest BCUT2D eigenvalue weighted by atomic mass is 10.2. The van der Waals surface area contributed by atoms with E-state index in [4.69, 9.17) is 4.74 Å². The van der Waals surface area contributed by atoms with Gasteiger partial charge in [-0.05, 0) is 12.0 Å². The van der Waals surface area contributed by atoms with Gasteiger partial charge in [-0.15, -0.1) is 0 Å². The monoisotopic (exact) mass is 311 g/mol. The SMILES string of the molecule is CCCn1cc(C#CCCNC(=O)OCc2ccccc2)cn1. The molecule has 1 N–H and O–H groups in total. The zero-order valence-corrected chi connectivity index (χ0v) is 13.3. The number of nitrogens with one attached hydrogen (secondary N) is 1. The van der Waals surface area contributed by atoms with Gasteiger partial charge in [0.05, 0.1) is 11.8 Å². The van der Waals surface area contributed by atoms with E-state index < -0.39 is 6.09 Å². The average molecular weight is 311 g/mol. The molecule has 0 atom stereocenters. The standard InChI is InChI=1S/C18H21N3O2/c1-2-12-21-14-17(13-20-21)10-6-7-11-19-18(22)23-15-16-8-4-3-5-9-16/h3-5,8-9,13-14H,2,7,11-12,15H2,1H3,(H,19,22). The molecule has 1 aromatic carbocycles. The number of carbonyl (C=O) groups excluding carboxylic acids is 1. The molecule has 0 aliphatic carbocycles. The fraction of sp³-hybridized carbons (Fsp3) is 0.333. The summed E-state index contributed by atoms with van der Waals surface area (Å²) in [6.07, 6.45) is 4.87. The Morgan fingerprint density at radius 2 is 2.17 bits per heavy atom. The van der Waals surface area contributed by atoms with Crippen LogP contribution in [0.25, 0.3) is 0 Å². The topological polar surface area (TPSA) is 56.2 Å². The van der Waals surface area contributed by atoms with E-state index in [0.29, 0.717) is 13.0 Å². The summed E-state index contributed by atoms with van der Waals surface area (Å²) in [5, 5.41) is 6.89. The van der Waals surface area contributed by atoms with Crippen molar-refractivity contribution in [1.82, 2.24) is 15.1 Å². The van der Waals surface area contributed by atoms with E-state index in [1.165, 1.54) is 0 Å². The maximum Gasteiger partial charge on any atom is 0.407 e. The van der Waals surface area contributed by atoms with Crippen LogP contribution < -0.4 is 5.32 Å². The molecular formula is C18H21N3O2. The molecule has 0 saturated carbocycles. The van der Waals surface area contributed by atoms with Gasteiger partial charge < -0.3 is 10.1 Å². The first-order valence-corrected chi connectivity index (χ1v) is 7.74. The Kier molecular flexibility index (Phi) is 6.73. The zero-order valence-electron chi connectivity index (χ0n) is 13.3. The molecule has 2 aromatic rings. The van der Waals surface area contributed by atoms with E-state index in [1.807, 2.05) is 41.2 Å². The van der Waals surface area contributed by atoms with Gasteiger partial charge in [0.15, 0.2) is 0 Å². The first-order valence-electron chi connectivity index (χ1n) is 7.74. The van der Waals surface area contributed by atoms with Crippen molar-refractivity contribution in [2.45, 2.75) is 32.9 Å². The van der Waals surface area contributed by atoms with Gasteiger partial charge in [0.1, 0.15) is 6.61 Å². The van der Waals surface area contributed by atoms with Gasteiger partial charge in [0.25, 0.3) is 0 Å². The number of rotatable bonds is 6. The molecule has 5 heteroatoms. The van der Waals surface area contributed by atoms with E-state index in [2.05, 4.69) is 29.2 Å². The smallest absolute Gasteiger partial charge is 0.407 e. The van der Waals surface area contributed by atoms with Crippen LogP contribution >= 0.6 is 0 Å². The zero-order chi connectivity index (χ0) is 16.3. The van der Waals surface area contributed by atoms with Crippen LogP contribution in [0.4, 0.5) is 4.79 Å². The molecular weight excluding hydrogens is 290 g/mol. The van der Waals surface area contributed by atoms with Crippen molar-refractivity contribution >= 4 is 6.09 Å². The Balaban J connectivity index is 1.63. The second-order valence-corrected chi connectivity index (χ2v) is 5.03. The Bertz CT molecular complexity index is 668. The highest BCUT2D eigenvalue weighted by Crippen LogP contribution is 2.00. The number of carbonyl (C=O) groups is 1. The van der Waals surface area contributed by atoms with Crippen molar-refractivity contribution in [3.8, 4) is 11.8 Å². The summed E-state index contributed by atoms with van der Waals surface area (Å²) < 4.78 is 6.99. The highest BCUT2D eigenvalue weighted by Gasteiger charge is 2.00. The third-order valence-corrected chi connectivity index (χ3v) is 3.05. The number of benzene rings is 1. The number of hydrogen-bond acceptors (Lipinski definition) is 3. The number of aromatic nitrogens is 2. The van der Waals surface area contributed by atoms with Crippen LogP contribution in [0.15, 0.2) is 42.7 Å². The van der Waals surface area contributed by atoms with E-state index in [-0.39, 0.29) is 6.61 Å². The van der Waals surface area contributed by atoms with Crippen molar-refractivity contribution in [3.05, 3.63) is 53.9 Å². The van der Waals surface area contributed by atoms with Gasteiger partial charge in [0.2, 0.25) is 0 Å². The number of ether oxygens (including phenoxy) is 1. The molecule has 5 nitrogen and oxygen atoms in total. The van der Waals surface area contributed by atoms with E-state index in [9.17, 15) is 4.79 Å². The number of alkyl carbamates (subject to hydrolysis) is 1. The molecule has 0 bridgehead atoms. The lowest BCUT2D eigenvalue weighted by Gasteiger charge is -2.05. The van der Waals surface area contributed by atoms with Gasteiger partial charge in [-0.25, -0.2) is 4.79 Å². The normalized spacial score (nSPS) is 9.78. The van der Waals surface area contributed by atoms with Crippen LogP contribution in [0.3, 0.4) is 0 Å². The van der Waals surface area contributed by atoms with E-state index >= 15 is 0 Å². The number of hydrogen-bond donors (Lipinski definition) is 1. The first-order chi connectivity index (χ1) is 11.3. The maximum atomic E-state index is 11.5. The van der Waals surface area contributed by atoms with Crippen LogP contribution in [0, 0.1) is 11.8 Å². The number of nitrogens with zero attached hydrogens (tertiary/aromatic N) is 2. The molecule has 1 aromatic heterocycles. The summed E-state index contributed by atoms with van der Waals surface area (Å²) in [5.74, 6) is 6.04. The molecule has 0 aliphatic rings. The second kappa shape index (κ2) is 9.31. The summed E-state index contributed by atoms with van der Waals surface area (Å²) in [6.45, 7) is 3.74. The van der Waals surface area contributed by atoms with Gasteiger partial charge in [-0.1, -0.05) is 49.1 Å². The first kappa shape index (κ1) is 16.6. The largest absolute Gasteiger partial charge is 0.445 e. The van der Waals surface area contributed by atoms with Gasteiger partial charge in [-0.2, -0.15) is 5.10 Å². The Morgan fingerprint density at radius 3 is 2.96 bits per heavy atom. The quantitative estimate of drug-likeness (QED) is 0.659. The highest BCUT2D eigenvalue weighted by molar-refractivity contribution is 5.67. The lowest BCUT2D eigenvalue weighted by Crippen LogP contribution is -2.24. The van der Waals surface area contributed by atoms with Crippen molar-refractivity contribution < 1.29 is 9.53 Å². The molecule has 1 heterocycles. The molecule has 0 aliphatic heterocycles. The average Bonchev–Trinajstić information content (AvgIpc) is 3.01. The molecule has 0 fully saturated rings. The fourth-order valence-corrected chi connectivity index (χ4v) is 1.95. The summed E-state index contributed by atoms with van der Waals surface area (Å²) in [6, 6.07) is 9.58. The molecule has 0 saturated heterocycles. The minimum absolute atomic E-state index is 0.273. The van der Waals surface area contributed by atoms with E-state index in [0.717, 1.165) is 24.1 Å². The lowest BCUT2D eigenvalue weighted by molar-refractivity contribution is 0.140. The minimum atomic E-state index is -0.425. The van der Waals surface area contributed by atoms with Crippen molar-refractivity contribution in [2.75, 3.05) is 6.54 Å². The number of amides is 1. The predicted molar refractivity (Wildman–Crippen MR) is 88.6 cm³/mol. The Labute approximate surface area is 136 Å². The molecule has 2 rings (SSSR count). The van der Waals surface area contributed by atoms with Crippen LogP contribution in [0.5, 0.6) is 0 Å². The Hall–Kier alpha value is -2.74. The molecule has 0 radical (unpaired) electrons.